The highest BCUT2D eigenvalue weighted by molar-refractivity contribution is 5.39. The summed E-state index contributed by atoms with van der Waals surface area (Å²) in [5.74, 6) is 0. The van der Waals surface area contributed by atoms with Gasteiger partial charge in [0.1, 0.15) is 0 Å². The molecule has 2 N–H and O–H groups in total. The van der Waals surface area contributed by atoms with E-state index in [1.54, 1.807) is 7.11 Å². The molecular formula is C15H25NO3. The van der Waals surface area contributed by atoms with E-state index in [0.29, 0.717) is 13.2 Å². The zero-order valence-electron chi connectivity index (χ0n) is 11.8. The van der Waals surface area contributed by atoms with E-state index in [1.165, 1.54) is 5.56 Å². The fourth-order valence-corrected chi connectivity index (χ4v) is 1.67. The second-order valence-corrected chi connectivity index (χ2v) is 4.42. The Morgan fingerprint density at radius 1 is 0.842 bits per heavy atom. The third kappa shape index (κ3) is 8.59. The van der Waals surface area contributed by atoms with Gasteiger partial charge in [0.15, 0.2) is 0 Å². The average Bonchev–Trinajstić information content (AvgIpc) is 2.43. The number of ether oxygens (including phenoxy) is 3. The van der Waals surface area contributed by atoms with E-state index >= 15 is 0 Å². The van der Waals surface area contributed by atoms with Crippen LogP contribution in [0, 0.1) is 0 Å². The number of rotatable bonds is 11. The first-order chi connectivity index (χ1) is 9.33. The van der Waals surface area contributed by atoms with Crippen molar-refractivity contribution in [3.8, 4) is 0 Å². The number of anilines is 1. The van der Waals surface area contributed by atoms with Crippen LogP contribution < -0.4 is 5.73 Å². The van der Waals surface area contributed by atoms with E-state index in [0.717, 1.165) is 44.8 Å². The predicted molar refractivity (Wildman–Crippen MR) is 77.3 cm³/mol. The lowest BCUT2D eigenvalue weighted by Gasteiger charge is -2.06. The molecule has 0 aliphatic heterocycles. The summed E-state index contributed by atoms with van der Waals surface area (Å²) in [4.78, 5) is 0. The van der Waals surface area contributed by atoms with Gasteiger partial charge in [-0.3, -0.25) is 0 Å². The molecular weight excluding hydrogens is 242 g/mol. The lowest BCUT2D eigenvalue weighted by Crippen LogP contribution is -2.06. The molecule has 4 nitrogen and oxygen atoms in total. The summed E-state index contributed by atoms with van der Waals surface area (Å²) in [7, 11) is 1.67. The van der Waals surface area contributed by atoms with Crippen LogP contribution in [0.4, 0.5) is 5.69 Å². The first-order valence-corrected chi connectivity index (χ1v) is 6.82. The van der Waals surface area contributed by atoms with Crippen LogP contribution in [0.3, 0.4) is 0 Å². The molecule has 19 heavy (non-hydrogen) atoms. The van der Waals surface area contributed by atoms with E-state index in [9.17, 15) is 0 Å². The van der Waals surface area contributed by atoms with Crippen molar-refractivity contribution in [2.45, 2.75) is 19.3 Å². The molecule has 0 fully saturated rings. The molecule has 0 atom stereocenters. The zero-order valence-corrected chi connectivity index (χ0v) is 11.8. The van der Waals surface area contributed by atoms with Crippen molar-refractivity contribution in [1.29, 1.82) is 0 Å². The van der Waals surface area contributed by atoms with Crippen LogP contribution in [-0.2, 0) is 20.6 Å². The van der Waals surface area contributed by atoms with Gasteiger partial charge in [0.2, 0.25) is 0 Å². The minimum Gasteiger partial charge on any atom is -0.399 e. The lowest BCUT2D eigenvalue weighted by molar-refractivity contribution is 0.0511. The number of hydrogen-bond donors (Lipinski definition) is 1. The topological polar surface area (TPSA) is 53.7 Å². The fourth-order valence-electron chi connectivity index (χ4n) is 1.67. The molecule has 0 radical (unpaired) electrons. The molecule has 4 heteroatoms. The summed E-state index contributed by atoms with van der Waals surface area (Å²) >= 11 is 0. The van der Waals surface area contributed by atoms with Crippen LogP contribution in [0.2, 0.25) is 0 Å². The summed E-state index contributed by atoms with van der Waals surface area (Å²) in [6.45, 7) is 3.61. The molecule has 1 aromatic carbocycles. The van der Waals surface area contributed by atoms with Crippen LogP contribution in [0.1, 0.15) is 18.4 Å². The van der Waals surface area contributed by atoms with E-state index in [2.05, 4.69) is 12.1 Å². The third-order valence-corrected chi connectivity index (χ3v) is 2.74. The molecule has 0 aliphatic rings. The summed E-state index contributed by atoms with van der Waals surface area (Å²) in [5, 5.41) is 0. The molecule has 0 aliphatic carbocycles. The van der Waals surface area contributed by atoms with Crippen LogP contribution in [-0.4, -0.2) is 40.1 Å². The van der Waals surface area contributed by atoms with Gasteiger partial charge >= 0.3 is 0 Å². The van der Waals surface area contributed by atoms with Gasteiger partial charge in [0.05, 0.1) is 13.2 Å². The predicted octanol–water partition coefficient (Wildman–Crippen LogP) is 2.27. The number of nitrogens with two attached hydrogens (primary N) is 1. The molecule has 1 rings (SSSR count). The van der Waals surface area contributed by atoms with Crippen molar-refractivity contribution in [3.05, 3.63) is 29.8 Å². The van der Waals surface area contributed by atoms with Gasteiger partial charge in [-0.25, -0.2) is 0 Å². The Labute approximate surface area is 115 Å². The van der Waals surface area contributed by atoms with Crippen molar-refractivity contribution in [2.75, 3.05) is 45.9 Å². The Balaban J connectivity index is 1.87. The largest absolute Gasteiger partial charge is 0.399 e. The number of methoxy groups -OCH3 is 1. The minimum absolute atomic E-state index is 0.655. The lowest BCUT2D eigenvalue weighted by atomic mass is 10.1. The van der Waals surface area contributed by atoms with Gasteiger partial charge in [-0.05, 0) is 37.0 Å². The highest BCUT2D eigenvalue weighted by Crippen LogP contribution is 2.07. The number of hydrogen-bond acceptors (Lipinski definition) is 4. The molecule has 1 aromatic rings. The Kier molecular flexibility index (Phi) is 9.06. The van der Waals surface area contributed by atoms with Crippen LogP contribution >= 0.6 is 0 Å². The standard InChI is InChI=1S/C15H25NO3/c1-17-12-13-19-11-3-10-18-9-2-4-14-5-7-15(16)8-6-14/h5-8H,2-4,9-13,16H2,1H3. The first-order valence-electron chi connectivity index (χ1n) is 6.82. The molecule has 0 bridgehead atoms. The van der Waals surface area contributed by atoms with E-state index < -0.39 is 0 Å². The van der Waals surface area contributed by atoms with Gasteiger partial charge in [-0.15, -0.1) is 0 Å². The highest BCUT2D eigenvalue weighted by atomic mass is 16.5. The van der Waals surface area contributed by atoms with Crippen molar-refractivity contribution >= 4 is 5.69 Å². The third-order valence-electron chi connectivity index (χ3n) is 2.74. The normalized spacial score (nSPS) is 10.8. The highest BCUT2D eigenvalue weighted by Gasteiger charge is 1.94. The molecule has 108 valence electrons. The van der Waals surface area contributed by atoms with Crippen molar-refractivity contribution < 1.29 is 14.2 Å². The first kappa shape index (κ1) is 16.0. The summed E-state index contributed by atoms with van der Waals surface area (Å²) < 4.78 is 15.8. The Hall–Kier alpha value is -1.10. The summed E-state index contributed by atoms with van der Waals surface area (Å²) in [6.07, 6.45) is 3.00. The molecule has 0 saturated heterocycles. The number of nitrogen functional groups attached to an aromatic ring is 1. The van der Waals surface area contributed by atoms with Gasteiger partial charge in [-0.1, -0.05) is 12.1 Å². The maximum atomic E-state index is 5.64. The average molecular weight is 267 g/mol. The molecule has 0 heterocycles. The van der Waals surface area contributed by atoms with E-state index in [-0.39, 0.29) is 0 Å². The molecule has 0 amide bonds. The maximum Gasteiger partial charge on any atom is 0.0700 e. The van der Waals surface area contributed by atoms with Crippen molar-refractivity contribution in [2.24, 2.45) is 0 Å². The van der Waals surface area contributed by atoms with Gasteiger partial charge in [0, 0.05) is 32.6 Å². The van der Waals surface area contributed by atoms with Gasteiger partial charge in [0.25, 0.3) is 0 Å². The minimum atomic E-state index is 0.655. The van der Waals surface area contributed by atoms with Crippen LogP contribution in [0.15, 0.2) is 24.3 Å². The monoisotopic (exact) mass is 267 g/mol. The van der Waals surface area contributed by atoms with E-state index in [4.69, 9.17) is 19.9 Å². The summed E-state index contributed by atoms with van der Waals surface area (Å²) in [5.41, 5.74) is 7.76. The summed E-state index contributed by atoms with van der Waals surface area (Å²) in [6, 6.07) is 8.01. The second-order valence-electron chi connectivity index (χ2n) is 4.42. The fraction of sp³-hybridized carbons (Fsp3) is 0.600. The van der Waals surface area contributed by atoms with Gasteiger partial charge < -0.3 is 19.9 Å². The Bertz CT molecular complexity index is 314. The quantitative estimate of drug-likeness (QED) is 0.493. The van der Waals surface area contributed by atoms with Crippen LogP contribution in [0.5, 0.6) is 0 Å². The van der Waals surface area contributed by atoms with Gasteiger partial charge in [-0.2, -0.15) is 0 Å². The maximum absolute atomic E-state index is 5.64. The molecule has 0 unspecified atom stereocenters. The van der Waals surface area contributed by atoms with E-state index in [1.807, 2.05) is 12.1 Å². The molecule has 0 spiro atoms. The molecule has 0 saturated carbocycles. The SMILES string of the molecule is COCCOCCCOCCCc1ccc(N)cc1. The Morgan fingerprint density at radius 2 is 1.47 bits per heavy atom. The Morgan fingerprint density at radius 3 is 2.16 bits per heavy atom. The second kappa shape index (κ2) is 10.8. The smallest absolute Gasteiger partial charge is 0.0700 e. The number of benzene rings is 1. The van der Waals surface area contributed by atoms with Crippen molar-refractivity contribution in [3.63, 3.8) is 0 Å². The van der Waals surface area contributed by atoms with Crippen LogP contribution in [0.25, 0.3) is 0 Å². The zero-order chi connectivity index (χ0) is 13.8. The molecule has 0 aromatic heterocycles. The van der Waals surface area contributed by atoms with Crippen molar-refractivity contribution in [1.82, 2.24) is 0 Å². The number of aryl methyl sites for hydroxylation is 1.